The zero-order valence-corrected chi connectivity index (χ0v) is 15.4. The molecule has 0 aromatic heterocycles. The smallest absolute Gasteiger partial charge is 0.124 e. The Labute approximate surface area is 143 Å². The quantitative estimate of drug-likeness (QED) is 0.635. The summed E-state index contributed by atoms with van der Waals surface area (Å²) in [6, 6.07) is 12.3. The van der Waals surface area contributed by atoms with Crippen molar-refractivity contribution < 1.29 is 4.74 Å². The topological polar surface area (TPSA) is 21.3 Å². The first kappa shape index (κ1) is 16.4. The third kappa shape index (κ3) is 4.48. The lowest BCUT2D eigenvalue weighted by Gasteiger charge is -2.14. The molecule has 0 bridgehead atoms. The summed E-state index contributed by atoms with van der Waals surface area (Å²) in [5.74, 6) is 0.945. The molecule has 0 radical (unpaired) electrons. The number of ether oxygens (including phenoxy) is 1. The maximum absolute atomic E-state index is 5.81. The summed E-state index contributed by atoms with van der Waals surface area (Å²) in [6.45, 7) is 5.68. The highest BCUT2D eigenvalue weighted by Gasteiger charge is 2.06. The van der Waals surface area contributed by atoms with Gasteiger partial charge in [-0.15, -0.1) is 0 Å². The lowest BCUT2D eigenvalue weighted by molar-refractivity contribution is 0.314. The van der Waals surface area contributed by atoms with Crippen molar-refractivity contribution >= 4 is 37.5 Å². The Morgan fingerprint density at radius 2 is 1.95 bits per heavy atom. The summed E-state index contributed by atoms with van der Waals surface area (Å²) >= 11 is 7.09. The van der Waals surface area contributed by atoms with Gasteiger partial charge < -0.3 is 10.1 Å². The molecule has 0 saturated carbocycles. The van der Waals surface area contributed by atoms with E-state index in [1.54, 1.807) is 0 Å². The predicted molar refractivity (Wildman–Crippen MR) is 96.1 cm³/mol. The molecule has 1 N–H and O–H groups in total. The number of anilines is 1. The number of hydrogen-bond acceptors (Lipinski definition) is 2. The summed E-state index contributed by atoms with van der Waals surface area (Å²) in [6.07, 6.45) is 1.01. The largest absolute Gasteiger partial charge is 0.493 e. The fraction of sp³-hybridized carbons (Fsp3) is 0.294. The number of rotatable bonds is 6. The van der Waals surface area contributed by atoms with Gasteiger partial charge in [0, 0.05) is 26.7 Å². The van der Waals surface area contributed by atoms with Crippen LogP contribution in [-0.4, -0.2) is 6.61 Å². The molecule has 0 amide bonds. The number of hydrogen-bond donors (Lipinski definition) is 1. The van der Waals surface area contributed by atoms with E-state index in [1.165, 1.54) is 5.56 Å². The van der Waals surface area contributed by atoms with Gasteiger partial charge in [0.1, 0.15) is 5.75 Å². The highest BCUT2D eigenvalue weighted by molar-refractivity contribution is 9.10. The van der Waals surface area contributed by atoms with E-state index >= 15 is 0 Å². The lowest BCUT2D eigenvalue weighted by atomic mass is 10.1. The highest BCUT2D eigenvalue weighted by Crippen LogP contribution is 2.27. The lowest BCUT2D eigenvalue weighted by Crippen LogP contribution is -2.05. The monoisotopic (exact) mass is 411 g/mol. The molecule has 0 unspecified atom stereocenters. The Kier molecular flexibility index (Phi) is 6.12. The molecule has 0 aliphatic carbocycles. The molecule has 112 valence electrons. The first-order valence-electron chi connectivity index (χ1n) is 7.02. The second-order valence-electron chi connectivity index (χ2n) is 4.87. The predicted octanol–water partition coefficient (Wildman–Crippen LogP) is 5.92. The van der Waals surface area contributed by atoms with E-state index in [4.69, 9.17) is 4.74 Å². The Balaban J connectivity index is 2.15. The fourth-order valence-electron chi connectivity index (χ4n) is 2.03. The summed E-state index contributed by atoms with van der Waals surface area (Å²) < 4.78 is 7.99. The number of nitrogens with one attached hydrogen (secondary N) is 1. The third-order valence-corrected chi connectivity index (χ3v) is 4.57. The van der Waals surface area contributed by atoms with Crippen molar-refractivity contribution in [3.05, 3.63) is 56.5 Å². The van der Waals surface area contributed by atoms with Gasteiger partial charge in [-0.2, -0.15) is 0 Å². The average Bonchev–Trinajstić information content (AvgIpc) is 2.48. The van der Waals surface area contributed by atoms with Crippen LogP contribution in [0.25, 0.3) is 0 Å². The first-order valence-corrected chi connectivity index (χ1v) is 8.60. The van der Waals surface area contributed by atoms with E-state index < -0.39 is 0 Å². The fourth-order valence-corrected chi connectivity index (χ4v) is 2.80. The SMILES string of the molecule is CCCOc1ccc(Br)cc1CNc1cccc(Br)c1C. The van der Waals surface area contributed by atoms with Gasteiger partial charge in [0.2, 0.25) is 0 Å². The van der Waals surface area contributed by atoms with Crippen molar-refractivity contribution in [1.82, 2.24) is 0 Å². The van der Waals surface area contributed by atoms with Gasteiger partial charge in [0.25, 0.3) is 0 Å². The second kappa shape index (κ2) is 7.85. The van der Waals surface area contributed by atoms with Gasteiger partial charge in [-0.25, -0.2) is 0 Å². The van der Waals surface area contributed by atoms with E-state index in [-0.39, 0.29) is 0 Å². The van der Waals surface area contributed by atoms with Crippen molar-refractivity contribution in [2.75, 3.05) is 11.9 Å². The maximum Gasteiger partial charge on any atom is 0.124 e. The molecule has 2 nitrogen and oxygen atoms in total. The summed E-state index contributed by atoms with van der Waals surface area (Å²) in [4.78, 5) is 0. The van der Waals surface area contributed by atoms with Gasteiger partial charge in [-0.05, 0) is 49.2 Å². The van der Waals surface area contributed by atoms with Crippen molar-refractivity contribution in [1.29, 1.82) is 0 Å². The van der Waals surface area contributed by atoms with E-state index in [9.17, 15) is 0 Å². The molecular formula is C17H19Br2NO. The number of halogens is 2. The molecule has 0 spiro atoms. The molecular weight excluding hydrogens is 394 g/mol. The van der Waals surface area contributed by atoms with Gasteiger partial charge in [-0.1, -0.05) is 44.8 Å². The van der Waals surface area contributed by atoms with Crippen LogP contribution in [0.15, 0.2) is 45.3 Å². The standard InChI is InChI=1S/C17H19Br2NO/c1-3-9-21-17-8-7-14(18)10-13(17)11-20-16-6-4-5-15(19)12(16)2/h4-8,10,20H,3,9,11H2,1-2H3. The third-order valence-electron chi connectivity index (χ3n) is 3.22. The molecule has 2 rings (SSSR count). The van der Waals surface area contributed by atoms with Crippen LogP contribution in [0.2, 0.25) is 0 Å². The molecule has 0 aliphatic rings. The average molecular weight is 413 g/mol. The van der Waals surface area contributed by atoms with E-state index in [1.807, 2.05) is 18.2 Å². The minimum Gasteiger partial charge on any atom is -0.493 e. The van der Waals surface area contributed by atoms with Crippen molar-refractivity contribution in [2.45, 2.75) is 26.8 Å². The van der Waals surface area contributed by atoms with Crippen molar-refractivity contribution in [3.8, 4) is 5.75 Å². The summed E-state index contributed by atoms with van der Waals surface area (Å²) in [5.41, 5.74) is 3.49. The second-order valence-corrected chi connectivity index (χ2v) is 6.64. The summed E-state index contributed by atoms with van der Waals surface area (Å²) in [7, 11) is 0. The van der Waals surface area contributed by atoms with Crippen LogP contribution in [0.1, 0.15) is 24.5 Å². The van der Waals surface area contributed by atoms with Crippen LogP contribution in [0.4, 0.5) is 5.69 Å². The first-order chi connectivity index (χ1) is 10.1. The molecule has 0 aliphatic heterocycles. The zero-order valence-electron chi connectivity index (χ0n) is 12.2. The Hall–Kier alpha value is -1.00. The van der Waals surface area contributed by atoms with Crippen LogP contribution in [0, 0.1) is 6.92 Å². The maximum atomic E-state index is 5.81. The molecule has 0 fully saturated rings. The zero-order chi connectivity index (χ0) is 15.2. The van der Waals surface area contributed by atoms with E-state index in [2.05, 4.69) is 69.2 Å². The van der Waals surface area contributed by atoms with Gasteiger partial charge in [-0.3, -0.25) is 0 Å². The van der Waals surface area contributed by atoms with Crippen LogP contribution in [0.3, 0.4) is 0 Å². The molecule has 4 heteroatoms. The summed E-state index contributed by atoms with van der Waals surface area (Å²) in [5, 5.41) is 3.48. The normalized spacial score (nSPS) is 10.5. The number of benzene rings is 2. The van der Waals surface area contributed by atoms with Crippen LogP contribution in [0.5, 0.6) is 5.75 Å². The Bertz CT molecular complexity index is 614. The van der Waals surface area contributed by atoms with Crippen LogP contribution < -0.4 is 10.1 Å². The molecule has 2 aromatic rings. The van der Waals surface area contributed by atoms with Gasteiger partial charge in [0.05, 0.1) is 6.61 Å². The minimum atomic E-state index is 0.732. The molecule has 2 aromatic carbocycles. The van der Waals surface area contributed by atoms with Gasteiger partial charge >= 0.3 is 0 Å². The van der Waals surface area contributed by atoms with Crippen molar-refractivity contribution in [2.24, 2.45) is 0 Å². The van der Waals surface area contributed by atoms with E-state index in [0.717, 1.165) is 45.5 Å². The van der Waals surface area contributed by atoms with Crippen LogP contribution >= 0.6 is 31.9 Å². The Morgan fingerprint density at radius 3 is 2.71 bits per heavy atom. The van der Waals surface area contributed by atoms with Gasteiger partial charge in [0.15, 0.2) is 0 Å². The Morgan fingerprint density at radius 1 is 1.14 bits per heavy atom. The van der Waals surface area contributed by atoms with Crippen LogP contribution in [-0.2, 0) is 6.54 Å². The minimum absolute atomic E-state index is 0.732. The highest BCUT2D eigenvalue weighted by atomic mass is 79.9. The molecule has 0 heterocycles. The van der Waals surface area contributed by atoms with Crippen molar-refractivity contribution in [3.63, 3.8) is 0 Å². The van der Waals surface area contributed by atoms with E-state index in [0.29, 0.717) is 0 Å². The molecule has 0 saturated heterocycles. The molecule has 21 heavy (non-hydrogen) atoms. The molecule has 0 atom stereocenters.